The molecule has 0 radical (unpaired) electrons. The minimum atomic E-state index is -1.05. The maximum absolute atomic E-state index is 13.8. The maximum atomic E-state index is 13.8. The topological polar surface area (TPSA) is 57.6 Å². The van der Waals surface area contributed by atoms with Gasteiger partial charge in [-0.05, 0) is 37.1 Å². The molecule has 0 saturated carbocycles. The lowest BCUT2D eigenvalue weighted by molar-refractivity contribution is -0.131. The Morgan fingerprint density at radius 3 is 2.28 bits per heavy atom. The van der Waals surface area contributed by atoms with Crippen LogP contribution in [0.3, 0.4) is 0 Å². The number of hydrogen-bond donors (Lipinski definition) is 1. The van der Waals surface area contributed by atoms with Crippen LogP contribution in [0.25, 0.3) is 0 Å². The predicted molar refractivity (Wildman–Crippen MR) is 89.2 cm³/mol. The molecule has 6 heteroatoms. The van der Waals surface area contributed by atoms with E-state index in [1.807, 2.05) is 0 Å². The van der Waals surface area contributed by atoms with Crippen molar-refractivity contribution in [2.24, 2.45) is 0 Å². The number of carbonyl (C=O) groups excluding carboxylic acids is 1. The number of rotatable bonds is 7. The molecule has 25 heavy (non-hydrogen) atoms. The van der Waals surface area contributed by atoms with E-state index in [1.165, 1.54) is 17.0 Å². The number of carboxylic acids is 1. The molecular weight excluding hydrogens is 328 g/mol. The maximum Gasteiger partial charge on any atom is 0.335 e. The molecule has 0 bridgehead atoms. The van der Waals surface area contributed by atoms with E-state index in [1.54, 1.807) is 25.1 Å². The Balaban J connectivity index is 2.07. The molecule has 0 atom stereocenters. The Bertz CT molecular complexity index is 757. The number of halogens is 2. The van der Waals surface area contributed by atoms with E-state index in [-0.39, 0.29) is 36.4 Å². The fourth-order valence-corrected chi connectivity index (χ4v) is 2.60. The normalized spacial score (nSPS) is 10.5. The van der Waals surface area contributed by atoms with Crippen LogP contribution in [0.2, 0.25) is 0 Å². The van der Waals surface area contributed by atoms with Gasteiger partial charge in [0.1, 0.15) is 11.6 Å². The fourth-order valence-electron chi connectivity index (χ4n) is 2.60. The van der Waals surface area contributed by atoms with Gasteiger partial charge in [0.05, 0.1) is 12.1 Å². The summed E-state index contributed by atoms with van der Waals surface area (Å²) in [5, 5.41) is 9.16. The second-order valence-corrected chi connectivity index (χ2v) is 5.57. The highest BCUT2D eigenvalue weighted by atomic mass is 19.1. The number of benzene rings is 2. The molecule has 0 saturated heterocycles. The quantitative estimate of drug-likeness (QED) is 0.832. The Morgan fingerprint density at radius 2 is 1.68 bits per heavy atom. The molecule has 0 aliphatic carbocycles. The third-order valence-electron chi connectivity index (χ3n) is 4.00. The summed E-state index contributed by atoms with van der Waals surface area (Å²) in [6.07, 6.45) is 0.311. The first kappa shape index (κ1) is 18.6. The monoisotopic (exact) mass is 347 g/mol. The van der Waals surface area contributed by atoms with Crippen LogP contribution in [0.15, 0.2) is 42.5 Å². The van der Waals surface area contributed by atoms with Gasteiger partial charge < -0.3 is 10.0 Å². The van der Waals surface area contributed by atoms with Gasteiger partial charge in [0.15, 0.2) is 0 Å². The van der Waals surface area contributed by atoms with Gasteiger partial charge >= 0.3 is 5.97 Å². The van der Waals surface area contributed by atoms with E-state index < -0.39 is 17.6 Å². The highest BCUT2D eigenvalue weighted by Gasteiger charge is 2.18. The van der Waals surface area contributed by atoms with Gasteiger partial charge in [-0.1, -0.05) is 24.3 Å². The second kappa shape index (κ2) is 8.37. The Kier molecular flexibility index (Phi) is 6.22. The minimum absolute atomic E-state index is 0.0637. The smallest absolute Gasteiger partial charge is 0.335 e. The number of aryl methyl sites for hydroxylation is 1. The van der Waals surface area contributed by atoms with Gasteiger partial charge in [0.25, 0.3) is 0 Å². The molecule has 0 unspecified atom stereocenters. The van der Waals surface area contributed by atoms with Gasteiger partial charge in [-0.15, -0.1) is 0 Å². The summed E-state index contributed by atoms with van der Waals surface area (Å²) < 4.78 is 27.5. The van der Waals surface area contributed by atoms with Gasteiger partial charge in [0, 0.05) is 18.5 Å². The summed E-state index contributed by atoms with van der Waals surface area (Å²) in [6.45, 7) is 1.86. The van der Waals surface area contributed by atoms with Gasteiger partial charge in [-0.25, -0.2) is 13.6 Å². The van der Waals surface area contributed by atoms with Crippen LogP contribution < -0.4 is 0 Å². The van der Waals surface area contributed by atoms with E-state index in [4.69, 9.17) is 5.11 Å². The van der Waals surface area contributed by atoms with Crippen LogP contribution >= 0.6 is 0 Å². The van der Waals surface area contributed by atoms with E-state index in [0.29, 0.717) is 12.1 Å². The average molecular weight is 347 g/mol. The van der Waals surface area contributed by atoms with E-state index >= 15 is 0 Å². The fraction of sp³-hybridized carbons (Fsp3) is 0.263. The predicted octanol–water partition coefficient (Wildman–Crippen LogP) is 3.64. The van der Waals surface area contributed by atoms with Gasteiger partial charge in [-0.3, -0.25) is 4.79 Å². The zero-order chi connectivity index (χ0) is 18.4. The third kappa shape index (κ3) is 4.62. The molecule has 2 rings (SSSR count). The van der Waals surface area contributed by atoms with Crippen LogP contribution in [0.5, 0.6) is 0 Å². The Labute approximate surface area is 144 Å². The number of nitrogens with zero attached hydrogens (tertiary/aromatic N) is 1. The van der Waals surface area contributed by atoms with Crippen LogP contribution in [0.4, 0.5) is 8.78 Å². The van der Waals surface area contributed by atoms with Crippen molar-refractivity contribution in [3.05, 3.63) is 70.8 Å². The summed E-state index contributed by atoms with van der Waals surface area (Å²) in [5.74, 6) is -2.72. The Morgan fingerprint density at radius 1 is 1.04 bits per heavy atom. The molecule has 0 aliphatic rings. The van der Waals surface area contributed by atoms with Gasteiger partial charge in [-0.2, -0.15) is 0 Å². The van der Waals surface area contributed by atoms with Crippen LogP contribution in [-0.2, 0) is 17.8 Å². The highest BCUT2D eigenvalue weighted by molar-refractivity contribution is 5.89. The SMILES string of the molecule is CCN(Cc1c(F)cccc1F)C(=O)CCc1ccccc1C(=O)O. The summed E-state index contributed by atoms with van der Waals surface area (Å²) in [5.41, 5.74) is 0.554. The zero-order valence-corrected chi connectivity index (χ0v) is 13.8. The van der Waals surface area contributed by atoms with Crippen molar-refractivity contribution in [3.63, 3.8) is 0 Å². The summed E-state index contributed by atoms with van der Waals surface area (Å²) in [4.78, 5) is 24.9. The largest absolute Gasteiger partial charge is 0.478 e. The van der Waals surface area contributed by atoms with Crippen molar-refractivity contribution < 1.29 is 23.5 Å². The summed E-state index contributed by atoms with van der Waals surface area (Å²) in [6, 6.07) is 10.0. The number of amides is 1. The average Bonchev–Trinajstić information content (AvgIpc) is 2.59. The lowest BCUT2D eigenvalue weighted by atomic mass is 10.0. The Hall–Kier alpha value is -2.76. The number of hydrogen-bond acceptors (Lipinski definition) is 2. The van der Waals surface area contributed by atoms with Crippen molar-refractivity contribution in [1.82, 2.24) is 4.90 Å². The van der Waals surface area contributed by atoms with Crippen LogP contribution in [0, 0.1) is 11.6 Å². The zero-order valence-electron chi connectivity index (χ0n) is 13.8. The van der Waals surface area contributed by atoms with Crippen molar-refractivity contribution in [2.75, 3.05) is 6.54 Å². The van der Waals surface area contributed by atoms with Crippen molar-refractivity contribution >= 4 is 11.9 Å². The minimum Gasteiger partial charge on any atom is -0.478 e. The molecule has 2 aromatic rings. The van der Waals surface area contributed by atoms with Crippen LogP contribution in [0.1, 0.15) is 34.8 Å². The summed E-state index contributed by atoms with van der Waals surface area (Å²) >= 11 is 0. The molecule has 1 amide bonds. The molecule has 132 valence electrons. The first-order chi connectivity index (χ1) is 11.9. The molecule has 0 spiro atoms. The lowest BCUT2D eigenvalue weighted by Crippen LogP contribution is -2.31. The molecule has 0 fully saturated rings. The number of aromatic carboxylic acids is 1. The van der Waals surface area contributed by atoms with Gasteiger partial charge in [0.2, 0.25) is 5.91 Å². The highest BCUT2D eigenvalue weighted by Crippen LogP contribution is 2.17. The molecule has 0 aliphatic heterocycles. The molecule has 2 aromatic carbocycles. The number of carboxylic acid groups (broad SMARTS) is 1. The summed E-state index contributed by atoms with van der Waals surface area (Å²) in [7, 11) is 0. The molecule has 0 aromatic heterocycles. The lowest BCUT2D eigenvalue weighted by Gasteiger charge is -2.22. The van der Waals surface area contributed by atoms with Crippen molar-refractivity contribution in [2.45, 2.75) is 26.3 Å². The molecular formula is C19H19F2NO3. The van der Waals surface area contributed by atoms with E-state index in [9.17, 15) is 18.4 Å². The van der Waals surface area contributed by atoms with E-state index in [0.717, 1.165) is 12.1 Å². The standard InChI is InChI=1S/C19H19F2NO3/c1-2-22(12-15-16(20)8-5-9-17(15)21)18(23)11-10-13-6-3-4-7-14(13)19(24)25/h3-9H,2,10-12H2,1H3,(H,24,25). The first-order valence-corrected chi connectivity index (χ1v) is 7.96. The van der Waals surface area contributed by atoms with E-state index in [2.05, 4.69) is 0 Å². The first-order valence-electron chi connectivity index (χ1n) is 7.96. The van der Waals surface area contributed by atoms with Crippen LogP contribution in [-0.4, -0.2) is 28.4 Å². The third-order valence-corrected chi connectivity index (χ3v) is 4.00. The van der Waals surface area contributed by atoms with Crippen molar-refractivity contribution in [1.29, 1.82) is 0 Å². The molecule has 1 N–H and O–H groups in total. The molecule has 4 nitrogen and oxygen atoms in total. The number of carbonyl (C=O) groups is 2. The second-order valence-electron chi connectivity index (χ2n) is 5.57. The van der Waals surface area contributed by atoms with Crippen molar-refractivity contribution in [3.8, 4) is 0 Å². The molecule has 0 heterocycles.